The molecular formula is C20H15N5O3. The zero-order valence-corrected chi connectivity index (χ0v) is 14.8. The Bertz CT molecular complexity index is 1060. The van der Waals surface area contributed by atoms with E-state index in [0.717, 1.165) is 0 Å². The van der Waals surface area contributed by atoms with Gasteiger partial charge in [0.1, 0.15) is 17.6 Å². The van der Waals surface area contributed by atoms with E-state index in [1.54, 1.807) is 48.5 Å². The molecule has 0 aliphatic carbocycles. The van der Waals surface area contributed by atoms with Gasteiger partial charge in [0.2, 0.25) is 0 Å². The maximum Gasteiger partial charge on any atom is 0.339 e. The Kier molecular flexibility index (Phi) is 5.58. The van der Waals surface area contributed by atoms with Gasteiger partial charge in [-0.25, -0.2) is 14.8 Å². The monoisotopic (exact) mass is 373 g/mol. The summed E-state index contributed by atoms with van der Waals surface area (Å²) in [5.74, 6) is -0.620. The molecule has 3 rings (SSSR count). The molecule has 0 aliphatic heterocycles. The summed E-state index contributed by atoms with van der Waals surface area (Å²) in [7, 11) is 1.30. The standard InChI is InChI=1S/C20H15N5O3/c1-28-20(27)14-7-3-5-9-16(14)24-18-12-22-17(11-23-18)19(26)25-15-8-4-2-6-13(15)10-21/h2-9,11-12H,1H3,(H,23,24)(H,25,26). The lowest BCUT2D eigenvalue weighted by molar-refractivity contribution is 0.0601. The van der Waals surface area contributed by atoms with Crippen molar-refractivity contribution >= 4 is 29.1 Å². The number of anilines is 3. The van der Waals surface area contributed by atoms with E-state index in [9.17, 15) is 9.59 Å². The average molecular weight is 373 g/mol. The van der Waals surface area contributed by atoms with Crippen LogP contribution in [-0.2, 0) is 4.74 Å². The smallest absolute Gasteiger partial charge is 0.339 e. The van der Waals surface area contributed by atoms with Crippen molar-refractivity contribution in [2.45, 2.75) is 0 Å². The molecule has 0 atom stereocenters. The first kappa shape index (κ1) is 18.5. The van der Waals surface area contributed by atoms with Gasteiger partial charge in [0.15, 0.2) is 0 Å². The summed E-state index contributed by atoms with van der Waals surface area (Å²) in [5, 5.41) is 14.7. The van der Waals surface area contributed by atoms with E-state index in [1.807, 2.05) is 6.07 Å². The minimum absolute atomic E-state index is 0.0829. The number of carbonyl (C=O) groups excluding carboxylic acids is 2. The SMILES string of the molecule is COC(=O)c1ccccc1Nc1cnc(C(=O)Nc2ccccc2C#N)cn1. The highest BCUT2D eigenvalue weighted by atomic mass is 16.5. The number of hydrogen-bond donors (Lipinski definition) is 2. The number of ether oxygens (including phenoxy) is 1. The third kappa shape index (κ3) is 4.11. The van der Waals surface area contributed by atoms with Gasteiger partial charge in [-0.1, -0.05) is 24.3 Å². The van der Waals surface area contributed by atoms with E-state index in [4.69, 9.17) is 10.00 Å². The van der Waals surface area contributed by atoms with Crippen LogP contribution in [0.2, 0.25) is 0 Å². The Balaban J connectivity index is 1.75. The van der Waals surface area contributed by atoms with Crippen LogP contribution in [-0.4, -0.2) is 29.0 Å². The van der Waals surface area contributed by atoms with Gasteiger partial charge >= 0.3 is 5.97 Å². The minimum atomic E-state index is -0.489. The van der Waals surface area contributed by atoms with Crippen LogP contribution in [0.3, 0.4) is 0 Å². The summed E-state index contributed by atoms with van der Waals surface area (Å²) in [6.07, 6.45) is 2.67. The van der Waals surface area contributed by atoms with Gasteiger partial charge in [-0.15, -0.1) is 0 Å². The van der Waals surface area contributed by atoms with E-state index in [1.165, 1.54) is 19.5 Å². The Hall–Kier alpha value is -4.25. The van der Waals surface area contributed by atoms with Crippen molar-refractivity contribution in [3.8, 4) is 6.07 Å². The average Bonchev–Trinajstić information content (AvgIpc) is 2.74. The Morgan fingerprint density at radius 1 is 1.00 bits per heavy atom. The van der Waals surface area contributed by atoms with Crippen LogP contribution in [0.25, 0.3) is 0 Å². The van der Waals surface area contributed by atoms with Gasteiger partial charge < -0.3 is 15.4 Å². The van der Waals surface area contributed by atoms with E-state index >= 15 is 0 Å². The molecule has 0 radical (unpaired) electrons. The highest BCUT2D eigenvalue weighted by Crippen LogP contribution is 2.20. The molecule has 0 aliphatic rings. The number of para-hydroxylation sites is 2. The zero-order chi connectivity index (χ0) is 19.9. The summed E-state index contributed by atoms with van der Waals surface area (Å²) in [6, 6.07) is 15.5. The number of nitriles is 1. The number of rotatable bonds is 5. The first-order chi connectivity index (χ1) is 13.6. The molecule has 0 saturated carbocycles. The predicted molar refractivity (Wildman–Crippen MR) is 102 cm³/mol. The Morgan fingerprint density at radius 3 is 2.39 bits per heavy atom. The Morgan fingerprint density at radius 2 is 1.71 bits per heavy atom. The fourth-order valence-electron chi connectivity index (χ4n) is 2.40. The Labute approximate surface area is 160 Å². The van der Waals surface area contributed by atoms with Crippen LogP contribution in [0.15, 0.2) is 60.9 Å². The van der Waals surface area contributed by atoms with Gasteiger partial charge in [0.25, 0.3) is 5.91 Å². The lowest BCUT2D eigenvalue weighted by Gasteiger charge is -2.10. The fraction of sp³-hybridized carbons (Fsp3) is 0.0500. The summed E-state index contributed by atoms with van der Waals surface area (Å²) in [4.78, 5) is 32.4. The van der Waals surface area contributed by atoms with Crippen molar-refractivity contribution < 1.29 is 14.3 Å². The highest BCUT2D eigenvalue weighted by molar-refractivity contribution is 6.03. The maximum atomic E-state index is 12.3. The number of amides is 1. The molecule has 0 fully saturated rings. The maximum absolute atomic E-state index is 12.3. The highest BCUT2D eigenvalue weighted by Gasteiger charge is 2.13. The van der Waals surface area contributed by atoms with Crippen molar-refractivity contribution in [3.63, 3.8) is 0 Å². The number of carbonyl (C=O) groups is 2. The number of nitrogens with zero attached hydrogens (tertiary/aromatic N) is 3. The molecule has 0 spiro atoms. The van der Waals surface area contributed by atoms with Crippen LogP contribution in [0.1, 0.15) is 26.4 Å². The zero-order valence-electron chi connectivity index (χ0n) is 14.8. The molecule has 0 unspecified atom stereocenters. The molecule has 2 aromatic carbocycles. The van der Waals surface area contributed by atoms with Crippen LogP contribution in [0, 0.1) is 11.3 Å². The molecular weight excluding hydrogens is 358 g/mol. The third-order valence-electron chi connectivity index (χ3n) is 3.78. The van der Waals surface area contributed by atoms with Crippen molar-refractivity contribution in [3.05, 3.63) is 77.7 Å². The summed E-state index contributed by atoms with van der Waals surface area (Å²) >= 11 is 0. The molecule has 8 heteroatoms. The first-order valence-electron chi connectivity index (χ1n) is 8.19. The molecule has 1 amide bonds. The number of hydrogen-bond acceptors (Lipinski definition) is 7. The predicted octanol–water partition coefficient (Wildman–Crippen LogP) is 3.13. The summed E-state index contributed by atoms with van der Waals surface area (Å²) in [6.45, 7) is 0. The summed E-state index contributed by atoms with van der Waals surface area (Å²) in [5.41, 5.74) is 1.68. The number of nitrogens with one attached hydrogen (secondary N) is 2. The van der Waals surface area contributed by atoms with E-state index in [0.29, 0.717) is 28.3 Å². The molecule has 28 heavy (non-hydrogen) atoms. The van der Waals surface area contributed by atoms with Crippen molar-refractivity contribution in [2.75, 3.05) is 17.7 Å². The fourth-order valence-corrected chi connectivity index (χ4v) is 2.40. The second kappa shape index (κ2) is 8.42. The third-order valence-corrected chi connectivity index (χ3v) is 3.78. The van der Waals surface area contributed by atoms with Crippen molar-refractivity contribution in [1.82, 2.24) is 9.97 Å². The van der Waals surface area contributed by atoms with E-state index in [2.05, 4.69) is 20.6 Å². The van der Waals surface area contributed by atoms with Gasteiger partial charge in [0, 0.05) is 0 Å². The molecule has 0 bridgehead atoms. The first-order valence-corrected chi connectivity index (χ1v) is 8.19. The van der Waals surface area contributed by atoms with E-state index in [-0.39, 0.29) is 5.69 Å². The molecule has 0 saturated heterocycles. The molecule has 8 nitrogen and oxygen atoms in total. The quantitative estimate of drug-likeness (QED) is 0.660. The molecule has 3 aromatic rings. The lowest BCUT2D eigenvalue weighted by Crippen LogP contribution is -2.15. The second-order valence-corrected chi connectivity index (χ2v) is 5.56. The van der Waals surface area contributed by atoms with E-state index < -0.39 is 11.9 Å². The van der Waals surface area contributed by atoms with Crippen molar-refractivity contribution in [2.24, 2.45) is 0 Å². The number of benzene rings is 2. The molecule has 2 N–H and O–H groups in total. The van der Waals surface area contributed by atoms with Gasteiger partial charge in [-0.2, -0.15) is 5.26 Å². The second-order valence-electron chi connectivity index (χ2n) is 5.56. The normalized spacial score (nSPS) is 9.86. The van der Waals surface area contributed by atoms with Crippen LogP contribution in [0.4, 0.5) is 17.2 Å². The van der Waals surface area contributed by atoms with Crippen LogP contribution < -0.4 is 10.6 Å². The lowest BCUT2D eigenvalue weighted by atomic mass is 10.2. The van der Waals surface area contributed by atoms with Crippen LogP contribution >= 0.6 is 0 Å². The minimum Gasteiger partial charge on any atom is -0.465 e. The van der Waals surface area contributed by atoms with Crippen LogP contribution in [0.5, 0.6) is 0 Å². The van der Waals surface area contributed by atoms with Gasteiger partial charge in [-0.05, 0) is 24.3 Å². The number of esters is 1. The largest absolute Gasteiger partial charge is 0.465 e. The molecule has 138 valence electrons. The topological polar surface area (TPSA) is 117 Å². The summed E-state index contributed by atoms with van der Waals surface area (Å²) < 4.78 is 4.75. The van der Waals surface area contributed by atoms with Gasteiger partial charge in [0.05, 0.1) is 42.0 Å². The van der Waals surface area contributed by atoms with Crippen molar-refractivity contribution in [1.29, 1.82) is 5.26 Å². The van der Waals surface area contributed by atoms with Gasteiger partial charge in [-0.3, -0.25) is 4.79 Å². The molecule has 1 aromatic heterocycles. The number of aromatic nitrogens is 2. The number of methoxy groups -OCH3 is 1. The molecule has 1 heterocycles.